The van der Waals surface area contributed by atoms with Crippen LogP contribution in [-0.2, 0) is 9.53 Å². The number of hydrogen-bond acceptors (Lipinski definition) is 6. The van der Waals surface area contributed by atoms with Crippen molar-refractivity contribution >= 4 is 17.8 Å². The largest absolute Gasteiger partial charge is 0.362 e. The number of rotatable bonds is 4. The molecule has 2 N–H and O–H groups in total. The van der Waals surface area contributed by atoms with E-state index in [1.807, 2.05) is 0 Å². The number of nitrogens with zero attached hydrogens (tertiary/aromatic N) is 3. The first-order valence-electron chi connectivity index (χ1n) is 8.76. The van der Waals surface area contributed by atoms with Gasteiger partial charge in [-0.15, -0.1) is 0 Å². The summed E-state index contributed by atoms with van der Waals surface area (Å²) >= 11 is 0. The molecule has 8 heteroatoms. The fourth-order valence-electron chi connectivity index (χ4n) is 3.34. The molecular weight excluding hydrogens is 322 g/mol. The SMILES string of the molecule is CNc1ncc(C(=O)N2CCOC(C)(C(=O)NC3CCCC3)C2)cn1. The summed E-state index contributed by atoms with van der Waals surface area (Å²) < 4.78 is 5.74. The van der Waals surface area contributed by atoms with Gasteiger partial charge in [-0.2, -0.15) is 0 Å². The molecule has 2 aliphatic rings. The topological polar surface area (TPSA) is 96.5 Å². The van der Waals surface area contributed by atoms with Gasteiger partial charge in [0, 0.05) is 32.0 Å². The predicted molar refractivity (Wildman–Crippen MR) is 92.2 cm³/mol. The van der Waals surface area contributed by atoms with E-state index in [2.05, 4.69) is 20.6 Å². The second kappa shape index (κ2) is 7.35. The fourth-order valence-corrected chi connectivity index (χ4v) is 3.34. The van der Waals surface area contributed by atoms with Crippen molar-refractivity contribution in [1.29, 1.82) is 0 Å². The lowest BCUT2D eigenvalue weighted by atomic mass is 10.0. The Morgan fingerprint density at radius 2 is 1.96 bits per heavy atom. The molecule has 1 atom stereocenters. The Kier molecular flexibility index (Phi) is 5.17. The maximum atomic E-state index is 12.7. The van der Waals surface area contributed by atoms with Crippen LogP contribution in [-0.4, -0.2) is 65.1 Å². The Morgan fingerprint density at radius 3 is 2.60 bits per heavy atom. The highest BCUT2D eigenvalue weighted by Crippen LogP contribution is 2.23. The van der Waals surface area contributed by atoms with E-state index in [9.17, 15) is 9.59 Å². The van der Waals surface area contributed by atoms with Crippen LogP contribution in [0.15, 0.2) is 12.4 Å². The second-order valence-electron chi connectivity index (χ2n) is 6.81. The first-order chi connectivity index (χ1) is 12.0. The summed E-state index contributed by atoms with van der Waals surface area (Å²) in [6.45, 7) is 2.74. The highest BCUT2D eigenvalue weighted by atomic mass is 16.5. The van der Waals surface area contributed by atoms with Crippen LogP contribution in [0.1, 0.15) is 43.0 Å². The summed E-state index contributed by atoms with van der Waals surface area (Å²) in [5.41, 5.74) is -0.623. The molecule has 25 heavy (non-hydrogen) atoms. The second-order valence-corrected chi connectivity index (χ2v) is 6.81. The summed E-state index contributed by atoms with van der Waals surface area (Å²) in [7, 11) is 1.72. The molecule has 0 bridgehead atoms. The summed E-state index contributed by atoms with van der Waals surface area (Å²) in [4.78, 5) is 35.1. The molecule has 1 unspecified atom stereocenters. The van der Waals surface area contributed by atoms with Crippen LogP contribution in [0.4, 0.5) is 5.95 Å². The number of carbonyl (C=O) groups is 2. The standard InChI is InChI=1S/C17H25N5O3/c1-17(15(24)21-13-5-3-4-6-13)11-22(7-8-25-17)14(23)12-9-19-16(18-2)20-10-12/h9-10,13H,3-8,11H2,1-2H3,(H,21,24)(H,18,19,20). The minimum Gasteiger partial charge on any atom is -0.362 e. The van der Waals surface area contributed by atoms with Gasteiger partial charge in [-0.1, -0.05) is 12.8 Å². The van der Waals surface area contributed by atoms with Crippen LogP contribution in [0.5, 0.6) is 0 Å². The van der Waals surface area contributed by atoms with Crippen molar-refractivity contribution < 1.29 is 14.3 Å². The molecule has 1 saturated heterocycles. The van der Waals surface area contributed by atoms with Gasteiger partial charge in [0.05, 0.1) is 18.7 Å². The quantitative estimate of drug-likeness (QED) is 0.837. The highest BCUT2D eigenvalue weighted by molar-refractivity contribution is 5.95. The van der Waals surface area contributed by atoms with Crippen LogP contribution >= 0.6 is 0 Å². The lowest BCUT2D eigenvalue weighted by Gasteiger charge is -2.39. The van der Waals surface area contributed by atoms with Gasteiger partial charge >= 0.3 is 0 Å². The van der Waals surface area contributed by atoms with Gasteiger partial charge in [-0.3, -0.25) is 9.59 Å². The number of amides is 2. The molecular formula is C17H25N5O3. The number of morpholine rings is 1. The lowest BCUT2D eigenvalue weighted by molar-refractivity contribution is -0.154. The molecule has 2 fully saturated rings. The minimum absolute atomic E-state index is 0.140. The monoisotopic (exact) mass is 347 g/mol. The molecule has 1 saturated carbocycles. The van der Waals surface area contributed by atoms with Crippen LogP contribution < -0.4 is 10.6 Å². The third-order valence-electron chi connectivity index (χ3n) is 4.85. The maximum absolute atomic E-state index is 12.7. The zero-order chi connectivity index (χ0) is 17.9. The molecule has 0 aromatic carbocycles. The zero-order valence-corrected chi connectivity index (χ0v) is 14.7. The molecule has 2 heterocycles. The molecule has 0 radical (unpaired) electrons. The number of carbonyl (C=O) groups excluding carboxylic acids is 2. The number of anilines is 1. The fraction of sp³-hybridized carbons (Fsp3) is 0.647. The van der Waals surface area contributed by atoms with Gasteiger partial charge < -0.3 is 20.3 Å². The van der Waals surface area contributed by atoms with E-state index >= 15 is 0 Å². The van der Waals surface area contributed by atoms with Gasteiger partial charge in [0.25, 0.3) is 11.8 Å². The number of ether oxygens (including phenoxy) is 1. The van der Waals surface area contributed by atoms with Crippen molar-refractivity contribution in [3.8, 4) is 0 Å². The van der Waals surface area contributed by atoms with Gasteiger partial charge in [-0.25, -0.2) is 9.97 Å². The molecule has 2 amide bonds. The van der Waals surface area contributed by atoms with Crippen LogP contribution in [0.25, 0.3) is 0 Å². The number of nitrogens with one attached hydrogen (secondary N) is 2. The van der Waals surface area contributed by atoms with E-state index in [-0.39, 0.29) is 24.4 Å². The number of hydrogen-bond donors (Lipinski definition) is 2. The summed E-state index contributed by atoms with van der Waals surface area (Å²) in [5.74, 6) is 0.129. The van der Waals surface area contributed by atoms with Crippen molar-refractivity contribution in [3.63, 3.8) is 0 Å². The van der Waals surface area contributed by atoms with E-state index in [0.717, 1.165) is 25.7 Å². The third kappa shape index (κ3) is 3.89. The first-order valence-corrected chi connectivity index (χ1v) is 8.76. The first kappa shape index (κ1) is 17.6. The summed E-state index contributed by atoms with van der Waals surface area (Å²) in [6, 6.07) is 0.224. The molecule has 1 aliphatic carbocycles. The van der Waals surface area contributed by atoms with Crippen LogP contribution in [0.3, 0.4) is 0 Å². The maximum Gasteiger partial charge on any atom is 0.257 e. The summed E-state index contributed by atoms with van der Waals surface area (Å²) in [5, 5.41) is 5.88. The van der Waals surface area contributed by atoms with Crippen molar-refractivity contribution in [2.45, 2.75) is 44.2 Å². The third-order valence-corrected chi connectivity index (χ3v) is 4.85. The minimum atomic E-state index is -1.03. The average molecular weight is 347 g/mol. The summed E-state index contributed by atoms with van der Waals surface area (Å²) in [6.07, 6.45) is 7.31. The Morgan fingerprint density at radius 1 is 1.28 bits per heavy atom. The van der Waals surface area contributed by atoms with E-state index in [1.54, 1.807) is 18.9 Å². The Bertz CT molecular complexity index is 630. The highest BCUT2D eigenvalue weighted by Gasteiger charge is 2.41. The van der Waals surface area contributed by atoms with E-state index in [0.29, 0.717) is 24.7 Å². The van der Waals surface area contributed by atoms with Gasteiger partial charge in [0.15, 0.2) is 5.60 Å². The Labute approximate surface area is 147 Å². The molecule has 1 aromatic rings. The van der Waals surface area contributed by atoms with Crippen LogP contribution in [0, 0.1) is 0 Å². The smallest absolute Gasteiger partial charge is 0.257 e. The Balaban J connectivity index is 1.66. The van der Waals surface area contributed by atoms with Crippen molar-refractivity contribution in [1.82, 2.24) is 20.2 Å². The Hall–Kier alpha value is -2.22. The molecule has 136 valence electrons. The van der Waals surface area contributed by atoms with Gasteiger partial charge in [0.1, 0.15) is 0 Å². The molecule has 1 aliphatic heterocycles. The molecule has 1 aromatic heterocycles. The van der Waals surface area contributed by atoms with E-state index in [4.69, 9.17) is 4.74 Å². The molecule has 3 rings (SSSR count). The number of aromatic nitrogens is 2. The molecule has 8 nitrogen and oxygen atoms in total. The zero-order valence-electron chi connectivity index (χ0n) is 14.7. The normalized spacial score (nSPS) is 24.2. The van der Waals surface area contributed by atoms with Crippen molar-refractivity contribution in [3.05, 3.63) is 18.0 Å². The average Bonchev–Trinajstić information content (AvgIpc) is 3.14. The van der Waals surface area contributed by atoms with Gasteiger partial charge in [-0.05, 0) is 19.8 Å². The predicted octanol–water partition coefficient (Wildman–Crippen LogP) is 0.808. The van der Waals surface area contributed by atoms with E-state index < -0.39 is 5.60 Å². The van der Waals surface area contributed by atoms with Crippen molar-refractivity contribution in [2.75, 3.05) is 32.1 Å². The van der Waals surface area contributed by atoms with Gasteiger partial charge in [0.2, 0.25) is 5.95 Å². The van der Waals surface area contributed by atoms with Crippen LogP contribution in [0.2, 0.25) is 0 Å². The lowest BCUT2D eigenvalue weighted by Crippen LogP contribution is -2.60. The van der Waals surface area contributed by atoms with Crippen molar-refractivity contribution in [2.24, 2.45) is 0 Å². The van der Waals surface area contributed by atoms with E-state index in [1.165, 1.54) is 12.4 Å². The molecule has 0 spiro atoms.